The first-order valence-corrected chi connectivity index (χ1v) is 8.06. The second-order valence-corrected chi connectivity index (χ2v) is 6.23. The molecular formula is C17H16N3O8+. The molecule has 0 spiro atoms. The van der Waals surface area contributed by atoms with Gasteiger partial charge in [0.15, 0.2) is 6.10 Å². The highest BCUT2D eigenvalue weighted by atomic mass is 16.7. The molecule has 28 heavy (non-hydrogen) atoms. The molecule has 5 atom stereocenters. The number of hydrogen-bond acceptors (Lipinski definition) is 9. The number of likely N-dealkylation sites (N-methyl/N-ethyl adjacent to an activating group) is 1. The van der Waals surface area contributed by atoms with Gasteiger partial charge in [-0.2, -0.15) is 4.48 Å². The van der Waals surface area contributed by atoms with Gasteiger partial charge in [-0.15, -0.1) is 11.4 Å². The zero-order valence-corrected chi connectivity index (χ0v) is 14.6. The normalized spacial score (nSPS) is 35.4. The molecule has 1 unspecified atom stereocenters. The number of nitrogens with two attached hydrogens (primary N) is 1. The van der Waals surface area contributed by atoms with Crippen molar-refractivity contribution in [2.45, 2.75) is 24.5 Å². The van der Waals surface area contributed by atoms with Gasteiger partial charge in [0.2, 0.25) is 12.3 Å². The standard InChI is InChI=1S/C17H15N3O8/c1-3-11(21)25-8-9-14-15(28-13(23)5-4-12(22)27-14)16(26-9)20(2)7-6-10(18)19-17(20)24/h1,4-7,9,14-16H,8H2,2H3,(H-,18,19,24)/p+1/b5-4-/t9-,14-,15-,16-,20?/m1/s1. The molecule has 11 heteroatoms. The second-order valence-electron chi connectivity index (χ2n) is 6.23. The average molecular weight is 390 g/mol. The Hall–Kier alpha value is -3.49. The number of fused-ring (bicyclic) bond motifs is 1. The highest BCUT2D eigenvalue weighted by Gasteiger charge is 2.60. The Bertz CT molecular complexity index is 870. The fourth-order valence-electron chi connectivity index (χ4n) is 2.97. The number of amides is 2. The zero-order valence-electron chi connectivity index (χ0n) is 14.6. The van der Waals surface area contributed by atoms with E-state index in [1.807, 2.05) is 0 Å². The number of urea groups is 1. The SMILES string of the molecule is C#CC(=O)OC[C@H]1O[C@@H]([N+]2(C)C=CC(N)=NC2=O)[C@@H]2OC(=O)/C=C\C(=O)O[C@@H]21. The van der Waals surface area contributed by atoms with Gasteiger partial charge in [-0.3, -0.25) is 0 Å². The van der Waals surface area contributed by atoms with E-state index in [1.165, 1.54) is 19.3 Å². The summed E-state index contributed by atoms with van der Waals surface area (Å²) in [7, 11) is 1.45. The van der Waals surface area contributed by atoms with E-state index in [1.54, 1.807) is 5.92 Å². The highest BCUT2D eigenvalue weighted by molar-refractivity contribution is 5.99. The number of carbonyl (C=O) groups excluding carboxylic acids is 4. The Kier molecular flexibility index (Phi) is 5.00. The van der Waals surface area contributed by atoms with Gasteiger partial charge in [0.25, 0.3) is 0 Å². The van der Waals surface area contributed by atoms with Gasteiger partial charge in [0, 0.05) is 24.1 Å². The van der Waals surface area contributed by atoms with Crippen LogP contribution in [0.1, 0.15) is 0 Å². The quantitative estimate of drug-likeness (QED) is 0.205. The third-order valence-corrected chi connectivity index (χ3v) is 4.36. The van der Waals surface area contributed by atoms with Crippen molar-refractivity contribution in [1.82, 2.24) is 0 Å². The van der Waals surface area contributed by atoms with Crippen LogP contribution in [0.15, 0.2) is 29.4 Å². The molecule has 3 aliphatic rings. The fourth-order valence-corrected chi connectivity index (χ4v) is 2.97. The number of amidine groups is 1. The van der Waals surface area contributed by atoms with Crippen LogP contribution in [0.3, 0.4) is 0 Å². The molecule has 0 aromatic heterocycles. The number of ether oxygens (including phenoxy) is 4. The van der Waals surface area contributed by atoms with Crippen LogP contribution in [-0.2, 0) is 33.3 Å². The monoisotopic (exact) mass is 390 g/mol. The van der Waals surface area contributed by atoms with Crippen LogP contribution in [0.4, 0.5) is 4.79 Å². The van der Waals surface area contributed by atoms with Crippen LogP contribution in [0, 0.1) is 12.3 Å². The number of terminal acetylenes is 1. The summed E-state index contributed by atoms with van der Waals surface area (Å²) < 4.78 is 20.7. The summed E-state index contributed by atoms with van der Waals surface area (Å²) >= 11 is 0. The Morgan fingerprint density at radius 3 is 2.50 bits per heavy atom. The van der Waals surface area contributed by atoms with E-state index in [0.717, 1.165) is 12.2 Å². The van der Waals surface area contributed by atoms with E-state index < -0.39 is 59.6 Å². The van der Waals surface area contributed by atoms with Crippen LogP contribution in [0.2, 0.25) is 0 Å². The molecular weight excluding hydrogens is 374 g/mol. The van der Waals surface area contributed by atoms with Crippen LogP contribution in [0.5, 0.6) is 0 Å². The first-order valence-electron chi connectivity index (χ1n) is 8.06. The Morgan fingerprint density at radius 1 is 1.25 bits per heavy atom. The molecule has 1 fully saturated rings. The van der Waals surface area contributed by atoms with Crippen LogP contribution < -0.4 is 5.73 Å². The van der Waals surface area contributed by atoms with Gasteiger partial charge >= 0.3 is 23.9 Å². The molecule has 0 radical (unpaired) electrons. The first kappa shape index (κ1) is 19.3. The first-order chi connectivity index (χ1) is 13.2. The Morgan fingerprint density at radius 2 is 1.89 bits per heavy atom. The van der Waals surface area contributed by atoms with E-state index >= 15 is 0 Å². The van der Waals surface area contributed by atoms with Crippen molar-refractivity contribution in [2.75, 3.05) is 13.7 Å². The minimum Gasteiger partial charge on any atom is -0.453 e. The van der Waals surface area contributed by atoms with Crippen molar-refractivity contribution in [2.24, 2.45) is 10.7 Å². The summed E-state index contributed by atoms with van der Waals surface area (Å²) in [6.07, 6.45) is 5.00. The van der Waals surface area contributed by atoms with E-state index in [4.69, 9.17) is 31.1 Å². The van der Waals surface area contributed by atoms with E-state index in [2.05, 4.69) is 4.99 Å². The maximum atomic E-state index is 12.5. The van der Waals surface area contributed by atoms with Gasteiger partial charge in [0.05, 0.1) is 7.05 Å². The number of aliphatic imine (C=N–C) groups is 1. The summed E-state index contributed by atoms with van der Waals surface area (Å²) in [6.45, 7) is -0.390. The van der Waals surface area contributed by atoms with E-state index in [9.17, 15) is 19.2 Å². The Labute approximate surface area is 158 Å². The smallest absolute Gasteiger partial charge is 0.451 e. The predicted molar refractivity (Wildman–Crippen MR) is 89.7 cm³/mol. The summed E-state index contributed by atoms with van der Waals surface area (Å²) in [5, 5.41) is 0. The molecule has 3 heterocycles. The summed E-state index contributed by atoms with van der Waals surface area (Å²) in [5.41, 5.74) is 5.54. The lowest BCUT2D eigenvalue weighted by molar-refractivity contribution is -0.834. The van der Waals surface area contributed by atoms with Gasteiger partial charge in [-0.1, -0.05) is 0 Å². The van der Waals surface area contributed by atoms with Crippen molar-refractivity contribution < 1.29 is 42.6 Å². The second kappa shape index (κ2) is 7.26. The minimum atomic E-state index is -1.19. The van der Waals surface area contributed by atoms with Crippen LogP contribution >= 0.6 is 0 Å². The van der Waals surface area contributed by atoms with Crippen LogP contribution in [-0.4, -0.2) is 72.5 Å². The van der Waals surface area contributed by atoms with Crippen LogP contribution in [0.25, 0.3) is 0 Å². The van der Waals surface area contributed by atoms with Crippen molar-refractivity contribution in [3.8, 4) is 12.3 Å². The van der Waals surface area contributed by atoms with Crippen molar-refractivity contribution in [3.63, 3.8) is 0 Å². The number of carbonyl (C=O) groups is 4. The lowest BCUT2D eigenvalue weighted by Crippen LogP contribution is -2.58. The van der Waals surface area contributed by atoms with Crippen molar-refractivity contribution in [3.05, 3.63) is 24.4 Å². The summed E-state index contributed by atoms with van der Waals surface area (Å²) in [5.74, 6) is -0.838. The number of quaternary nitrogens is 1. The number of nitrogens with zero attached hydrogens (tertiary/aromatic N) is 2. The van der Waals surface area contributed by atoms with Gasteiger partial charge < -0.3 is 24.7 Å². The Balaban J connectivity index is 1.95. The molecule has 0 aromatic rings. The molecule has 11 nitrogen and oxygen atoms in total. The molecule has 0 aliphatic carbocycles. The average Bonchev–Trinajstić information content (AvgIpc) is 2.97. The minimum absolute atomic E-state index is 0.00123. The topological polar surface area (TPSA) is 144 Å². The molecule has 2 amide bonds. The van der Waals surface area contributed by atoms with E-state index in [-0.39, 0.29) is 5.84 Å². The molecule has 3 aliphatic heterocycles. The molecule has 0 saturated carbocycles. The molecule has 3 rings (SSSR count). The molecule has 0 aromatic carbocycles. The van der Waals surface area contributed by atoms with Crippen molar-refractivity contribution >= 4 is 29.8 Å². The summed E-state index contributed by atoms with van der Waals surface area (Å²) in [6, 6.07) is -0.690. The summed E-state index contributed by atoms with van der Waals surface area (Å²) in [4.78, 5) is 51.3. The van der Waals surface area contributed by atoms with E-state index in [0.29, 0.717) is 0 Å². The van der Waals surface area contributed by atoms with Gasteiger partial charge in [-0.25, -0.2) is 19.2 Å². The maximum Gasteiger partial charge on any atom is 0.451 e. The fraction of sp³-hybridized carbons (Fsp3) is 0.353. The molecule has 2 N–H and O–H groups in total. The molecule has 146 valence electrons. The number of hydrogen-bond donors (Lipinski definition) is 1. The highest BCUT2D eigenvalue weighted by Crippen LogP contribution is 2.35. The lowest BCUT2D eigenvalue weighted by atomic mass is 10.1. The number of rotatable bonds is 3. The maximum absolute atomic E-state index is 12.5. The van der Waals surface area contributed by atoms with Gasteiger partial charge in [0.1, 0.15) is 24.7 Å². The molecule has 0 bridgehead atoms. The largest absolute Gasteiger partial charge is 0.453 e. The lowest BCUT2D eigenvalue weighted by Gasteiger charge is -2.34. The zero-order chi connectivity index (χ0) is 20.5. The number of esters is 3. The molecule has 1 saturated heterocycles. The van der Waals surface area contributed by atoms with Gasteiger partial charge in [-0.05, 0) is 0 Å². The van der Waals surface area contributed by atoms with Crippen molar-refractivity contribution in [1.29, 1.82) is 0 Å². The predicted octanol–water partition coefficient (Wildman–Crippen LogP) is -1.27. The third-order valence-electron chi connectivity index (χ3n) is 4.36. The third kappa shape index (κ3) is 3.51.